The SMILES string of the molecule is Cc1ccccc1NC(=O)CSc1nnc(NC(=O)C2(c3cccs3)CCCC2)s1. The number of hydrogen-bond acceptors (Lipinski definition) is 7. The second-order valence-electron chi connectivity index (χ2n) is 7.25. The lowest BCUT2D eigenvalue weighted by atomic mass is 9.83. The van der Waals surface area contributed by atoms with Gasteiger partial charge in [0.1, 0.15) is 0 Å². The maximum Gasteiger partial charge on any atom is 0.237 e. The summed E-state index contributed by atoms with van der Waals surface area (Å²) in [6.45, 7) is 1.95. The van der Waals surface area contributed by atoms with Crippen molar-refractivity contribution in [2.75, 3.05) is 16.4 Å². The summed E-state index contributed by atoms with van der Waals surface area (Å²) in [4.78, 5) is 26.5. The van der Waals surface area contributed by atoms with Crippen LogP contribution < -0.4 is 10.6 Å². The summed E-state index contributed by atoms with van der Waals surface area (Å²) in [6, 6.07) is 11.7. The van der Waals surface area contributed by atoms with Crippen LogP contribution in [0, 0.1) is 6.92 Å². The molecule has 156 valence electrons. The van der Waals surface area contributed by atoms with E-state index in [2.05, 4.69) is 20.8 Å². The van der Waals surface area contributed by atoms with Crippen molar-refractivity contribution >= 4 is 57.1 Å². The Morgan fingerprint density at radius 3 is 2.63 bits per heavy atom. The van der Waals surface area contributed by atoms with Crippen LogP contribution in [-0.2, 0) is 15.0 Å². The van der Waals surface area contributed by atoms with E-state index in [4.69, 9.17) is 0 Å². The first-order chi connectivity index (χ1) is 14.6. The number of carbonyl (C=O) groups excluding carboxylic acids is 2. The molecule has 1 fully saturated rings. The van der Waals surface area contributed by atoms with E-state index in [0.29, 0.717) is 9.47 Å². The zero-order chi connectivity index (χ0) is 21.0. The third kappa shape index (κ3) is 4.58. The van der Waals surface area contributed by atoms with Crippen LogP contribution in [0.3, 0.4) is 0 Å². The number of carbonyl (C=O) groups is 2. The topological polar surface area (TPSA) is 84.0 Å². The van der Waals surface area contributed by atoms with Gasteiger partial charge in [0.25, 0.3) is 0 Å². The van der Waals surface area contributed by atoms with Gasteiger partial charge in [-0.05, 0) is 42.8 Å². The summed E-state index contributed by atoms with van der Waals surface area (Å²) >= 11 is 4.25. The van der Waals surface area contributed by atoms with Crippen LogP contribution in [-0.4, -0.2) is 27.8 Å². The summed E-state index contributed by atoms with van der Waals surface area (Å²) in [7, 11) is 0. The molecule has 1 aliphatic rings. The van der Waals surface area contributed by atoms with E-state index >= 15 is 0 Å². The first kappa shape index (κ1) is 21.0. The summed E-state index contributed by atoms with van der Waals surface area (Å²) in [5, 5.41) is 16.6. The number of amides is 2. The van der Waals surface area contributed by atoms with Gasteiger partial charge in [-0.2, -0.15) is 0 Å². The van der Waals surface area contributed by atoms with Crippen LogP contribution in [0.2, 0.25) is 0 Å². The molecule has 2 heterocycles. The Morgan fingerprint density at radius 1 is 1.10 bits per heavy atom. The smallest absolute Gasteiger partial charge is 0.237 e. The molecule has 2 amide bonds. The van der Waals surface area contributed by atoms with Crippen molar-refractivity contribution in [1.82, 2.24) is 10.2 Å². The number of aromatic nitrogens is 2. The number of benzene rings is 1. The lowest BCUT2D eigenvalue weighted by molar-refractivity contribution is -0.121. The fraction of sp³-hybridized carbons (Fsp3) is 0.333. The minimum Gasteiger partial charge on any atom is -0.325 e. The summed E-state index contributed by atoms with van der Waals surface area (Å²) in [6.07, 6.45) is 3.83. The highest BCUT2D eigenvalue weighted by molar-refractivity contribution is 8.01. The van der Waals surface area contributed by atoms with Crippen molar-refractivity contribution in [1.29, 1.82) is 0 Å². The number of aryl methyl sites for hydroxylation is 1. The van der Waals surface area contributed by atoms with Crippen molar-refractivity contribution in [3.05, 3.63) is 52.2 Å². The lowest BCUT2D eigenvalue weighted by Gasteiger charge is -2.25. The van der Waals surface area contributed by atoms with Gasteiger partial charge in [-0.1, -0.05) is 60.2 Å². The minimum absolute atomic E-state index is 0.00699. The summed E-state index contributed by atoms with van der Waals surface area (Å²) in [5.41, 5.74) is 1.37. The minimum atomic E-state index is -0.458. The van der Waals surface area contributed by atoms with E-state index in [-0.39, 0.29) is 17.6 Å². The molecule has 1 aliphatic carbocycles. The first-order valence-corrected chi connectivity index (χ1v) is 12.4. The molecule has 1 aromatic carbocycles. The predicted molar refractivity (Wildman–Crippen MR) is 124 cm³/mol. The molecule has 0 unspecified atom stereocenters. The number of hydrogen-bond donors (Lipinski definition) is 2. The standard InChI is InChI=1S/C21H22N4O2S3/c1-14-7-2-3-8-15(14)22-17(26)13-29-20-25-24-19(30-20)23-18(27)21(10-4-5-11-21)16-9-6-12-28-16/h2-3,6-9,12H,4-5,10-11,13H2,1H3,(H,22,26)(H,23,24,27). The van der Waals surface area contributed by atoms with E-state index in [1.54, 1.807) is 11.3 Å². The molecule has 0 atom stereocenters. The molecule has 6 nitrogen and oxygen atoms in total. The largest absolute Gasteiger partial charge is 0.325 e. The second kappa shape index (κ2) is 9.28. The van der Waals surface area contributed by atoms with Crippen LogP contribution in [0.1, 0.15) is 36.1 Å². The molecule has 30 heavy (non-hydrogen) atoms. The molecule has 2 aromatic heterocycles. The van der Waals surface area contributed by atoms with Gasteiger partial charge in [0, 0.05) is 10.6 Å². The highest BCUT2D eigenvalue weighted by Gasteiger charge is 2.43. The van der Waals surface area contributed by atoms with E-state index in [1.165, 1.54) is 23.1 Å². The van der Waals surface area contributed by atoms with Gasteiger partial charge in [0.15, 0.2) is 4.34 Å². The number of thiophene rings is 1. The third-order valence-corrected chi connectivity index (χ3v) is 8.30. The molecule has 2 N–H and O–H groups in total. The van der Waals surface area contributed by atoms with Crippen LogP contribution in [0.15, 0.2) is 46.1 Å². The van der Waals surface area contributed by atoms with Crippen molar-refractivity contribution in [3.8, 4) is 0 Å². The molecular formula is C21H22N4O2S3. The van der Waals surface area contributed by atoms with Crippen LogP contribution in [0.4, 0.5) is 10.8 Å². The van der Waals surface area contributed by atoms with Crippen molar-refractivity contribution in [2.45, 2.75) is 42.4 Å². The van der Waals surface area contributed by atoms with Crippen molar-refractivity contribution < 1.29 is 9.59 Å². The Morgan fingerprint density at radius 2 is 1.90 bits per heavy atom. The molecule has 0 spiro atoms. The molecule has 9 heteroatoms. The average molecular weight is 459 g/mol. The van der Waals surface area contributed by atoms with E-state index in [0.717, 1.165) is 41.8 Å². The predicted octanol–water partition coefficient (Wildman–Crippen LogP) is 5.09. The fourth-order valence-corrected chi connectivity index (χ4v) is 6.21. The molecule has 0 radical (unpaired) electrons. The summed E-state index contributed by atoms with van der Waals surface area (Å²) < 4.78 is 0.654. The van der Waals surface area contributed by atoms with Crippen LogP contribution >= 0.6 is 34.4 Å². The highest BCUT2D eigenvalue weighted by Crippen LogP contribution is 2.44. The lowest BCUT2D eigenvalue weighted by Crippen LogP contribution is -2.37. The second-order valence-corrected chi connectivity index (χ2v) is 10.4. The van der Waals surface area contributed by atoms with Gasteiger partial charge in [0.05, 0.1) is 11.2 Å². The number of thioether (sulfide) groups is 1. The van der Waals surface area contributed by atoms with E-state index in [1.807, 2.05) is 48.7 Å². The van der Waals surface area contributed by atoms with Gasteiger partial charge >= 0.3 is 0 Å². The van der Waals surface area contributed by atoms with Gasteiger partial charge in [-0.3, -0.25) is 14.9 Å². The Bertz CT molecular complexity index is 1030. The average Bonchev–Trinajstić information content (AvgIpc) is 3.50. The quantitative estimate of drug-likeness (QED) is 0.381. The molecule has 3 aromatic rings. The maximum absolute atomic E-state index is 13.1. The van der Waals surface area contributed by atoms with E-state index < -0.39 is 5.41 Å². The Labute approximate surface area is 187 Å². The zero-order valence-electron chi connectivity index (χ0n) is 16.5. The zero-order valence-corrected chi connectivity index (χ0v) is 19.0. The fourth-order valence-electron chi connectivity index (χ4n) is 3.68. The Hall–Kier alpha value is -2.23. The van der Waals surface area contributed by atoms with Crippen molar-refractivity contribution in [2.24, 2.45) is 0 Å². The van der Waals surface area contributed by atoms with Gasteiger partial charge in [0.2, 0.25) is 16.9 Å². The molecule has 1 saturated carbocycles. The Balaban J connectivity index is 1.34. The van der Waals surface area contributed by atoms with Crippen LogP contribution in [0.25, 0.3) is 0 Å². The molecule has 0 saturated heterocycles. The summed E-state index contributed by atoms with van der Waals surface area (Å²) in [5.74, 6) is 0.126. The maximum atomic E-state index is 13.1. The van der Waals surface area contributed by atoms with Gasteiger partial charge < -0.3 is 5.32 Å². The molecule has 4 rings (SSSR count). The van der Waals surface area contributed by atoms with Crippen molar-refractivity contribution in [3.63, 3.8) is 0 Å². The normalized spacial score (nSPS) is 15.1. The Kier molecular flexibility index (Phi) is 6.50. The van der Waals surface area contributed by atoms with Crippen LogP contribution in [0.5, 0.6) is 0 Å². The molecule has 0 bridgehead atoms. The van der Waals surface area contributed by atoms with E-state index in [9.17, 15) is 9.59 Å². The number of anilines is 2. The number of para-hydroxylation sites is 1. The highest BCUT2D eigenvalue weighted by atomic mass is 32.2. The monoisotopic (exact) mass is 458 g/mol. The number of nitrogens with zero attached hydrogens (tertiary/aromatic N) is 2. The molecule has 0 aliphatic heterocycles. The van der Waals surface area contributed by atoms with Gasteiger partial charge in [-0.25, -0.2) is 0 Å². The third-order valence-electron chi connectivity index (χ3n) is 5.26. The number of rotatable bonds is 7. The first-order valence-electron chi connectivity index (χ1n) is 9.74. The molecular weight excluding hydrogens is 436 g/mol. The van der Waals surface area contributed by atoms with Gasteiger partial charge in [-0.15, -0.1) is 21.5 Å². The number of nitrogens with one attached hydrogen (secondary N) is 2.